The van der Waals surface area contributed by atoms with E-state index in [-0.39, 0.29) is 5.75 Å². The second-order valence-corrected chi connectivity index (χ2v) is 3.52. The molecule has 5 nitrogen and oxygen atoms in total. The number of hydrogen-bond donors (Lipinski definition) is 3. The summed E-state index contributed by atoms with van der Waals surface area (Å²) in [6.07, 6.45) is 1.08. The fourth-order valence-corrected chi connectivity index (χ4v) is 1.08. The average Bonchev–Trinajstić information content (AvgIpc) is 1.78. The van der Waals surface area contributed by atoms with Gasteiger partial charge in [-0.2, -0.15) is 8.42 Å². The average molecular weight is 168 g/mol. The molecule has 0 atom stereocenters. The van der Waals surface area contributed by atoms with Crippen molar-refractivity contribution in [1.29, 1.82) is 0 Å². The Bertz CT molecular complexity index is 165. The summed E-state index contributed by atoms with van der Waals surface area (Å²) >= 11 is 0. The molecule has 0 aliphatic carbocycles. The van der Waals surface area contributed by atoms with Crippen LogP contribution in [-0.4, -0.2) is 25.3 Å². The van der Waals surface area contributed by atoms with Crippen molar-refractivity contribution in [2.24, 2.45) is 5.84 Å². The van der Waals surface area contributed by atoms with E-state index in [0.29, 0.717) is 19.4 Å². The first kappa shape index (κ1) is 9.83. The Hall–Kier alpha value is -0.170. The van der Waals surface area contributed by atoms with Crippen molar-refractivity contribution in [3.8, 4) is 0 Å². The van der Waals surface area contributed by atoms with Gasteiger partial charge in [-0.3, -0.25) is 15.8 Å². The van der Waals surface area contributed by atoms with E-state index >= 15 is 0 Å². The zero-order chi connectivity index (χ0) is 8.04. The largest absolute Gasteiger partial charge is 0.286 e. The van der Waals surface area contributed by atoms with Crippen LogP contribution in [0.5, 0.6) is 0 Å². The molecule has 0 radical (unpaired) electrons. The zero-order valence-electron chi connectivity index (χ0n) is 5.58. The van der Waals surface area contributed by atoms with Crippen LogP contribution in [0.3, 0.4) is 0 Å². The second kappa shape index (κ2) is 4.62. The topological polar surface area (TPSA) is 92.4 Å². The minimum atomic E-state index is -3.77. The van der Waals surface area contributed by atoms with Crippen LogP contribution in [0.4, 0.5) is 0 Å². The van der Waals surface area contributed by atoms with Gasteiger partial charge < -0.3 is 0 Å². The lowest BCUT2D eigenvalue weighted by molar-refractivity contribution is 0.479. The summed E-state index contributed by atoms with van der Waals surface area (Å²) in [6, 6.07) is 0. The van der Waals surface area contributed by atoms with Gasteiger partial charge in [0.2, 0.25) is 0 Å². The smallest absolute Gasteiger partial charge is 0.264 e. The Balaban J connectivity index is 3.21. The van der Waals surface area contributed by atoms with Crippen LogP contribution in [-0.2, 0) is 10.1 Å². The first-order chi connectivity index (χ1) is 4.56. The van der Waals surface area contributed by atoms with Gasteiger partial charge in [-0.15, -0.1) is 0 Å². The van der Waals surface area contributed by atoms with Crippen LogP contribution in [0.1, 0.15) is 12.8 Å². The highest BCUT2D eigenvalue weighted by Gasteiger charge is 2.01. The van der Waals surface area contributed by atoms with E-state index in [1.807, 2.05) is 0 Å². The number of hydrogen-bond acceptors (Lipinski definition) is 4. The minimum absolute atomic E-state index is 0.186. The second-order valence-electron chi connectivity index (χ2n) is 1.95. The molecule has 6 heteroatoms. The molecule has 0 unspecified atom stereocenters. The molecule has 62 valence electrons. The summed E-state index contributed by atoms with van der Waals surface area (Å²) in [7, 11) is -3.77. The lowest BCUT2D eigenvalue weighted by Crippen LogP contribution is -2.23. The Morgan fingerprint density at radius 3 is 2.40 bits per heavy atom. The van der Waals surface area contributed by atoms with Crippen LogP contribution in [0.2, 0.25) is 0 Å². The first-order valence-electron chi connectivity index (χ1n) is 2.95. The molecule has 0 spiro atoms. The van der Waals surface area contributed by atoms with E-state index in [1.165, 1.54) is 0 Å². The Morgan fingerprint density at radius 1 is 1.40 bits per heavy atom. The fraction of sp³-hybridized carbons (Fsp3) is 1.00. The standard InChI is InChI=1S/C4H12N2O3S/c5-6-3-1-2-4-10(7,8)9/h6H,1-5H2,(H,7,8,9). The van der Waals surface area contributed by atoms with Crippen molar-refractivity contribution in [2.45, 2.75) is 12.8 Å². The van der Waals surface area contributed by atoms with Gasteiger partial charge in [0.1, 0.15) is 0 Å². The quantitative estimate of drug-likeness (QED) is 0.214. The monoisotopic (exact) mass is 168 g/mol. The molecule has 0 aliphatic rings. The molecular formula is C4H12N2O3S. The summed E-state index contributed by atoms with van der Waals surface area (Å²) in [5, 5.41) is 0. The zero-order valence-corrected chi connectivity index (χ0v) is 6.39. The number of hydrazine groups is 1. The molecule has 0 saturated carbocycles. The number of nitrogens with two attached hydrogens (primary N) is 1. The maximum absolute atomic E-state index is 10.1. The van der Waals surface area contributed by atoms with Gasteiger partial charge in [-0.1, -0.05) is 0 Å². The number of rotatable bonds is 5. The van der Waals surface area contributed by atoms with Gasteiger partial charge in [0.15, 0.2) is 0 Å². The summed E-state index contributed by atoms with van der Waals surface area (Å²) in [5.74, 6) is 4.73. The summed E-state index contributed by atoms with van der Waals surface area (Å²) in [4.78, 5) is 0. The van der Waals surface area contributed by atoms with Crippen molar-refractivity contribution in [1.82, 2.24) is 5.43 Å². The van der Waals surface area contributed by atoms with Gasteiger partial charge in [0.05, 0.1) is 5.75 Å². The number of unbranched alkanes of at least 4 members (excludes halogenated alkanes) is 1. The minimum Gasteiger partial charge on any atom is -0.286 e. The van der Waals surface area contributed by atoms with Crippen molar-refractivity contribution >= 4 is 10.1 Å². The predicted octanol–water partition coefficient (Wildman–Crippen LogP) is -0.882. The van der Waals surface area contributed by atoms with E-state index < -0.39 is 10.1 Å². The first-order valence-corrected chi connectivity index (χ1v) is 4.56. The van der Waals surface area contributed by atoms with Gasteiger partial charge >= 0.3 is 0 Å². The van der Waals surface area contributed by atoms with E-state index in [4.69, 9.17) is 10.4 Å². The van der Waals surface area contributed by atoms with Crippen LogP contribution < -0.4 is 11.3 Å². The molecule has 0 rings (SSSR count). The molecule has 0 amide bonds. The molecule has 0 bridgehead atoms. The molecular weight excluding hydrogens is 156 g/mol. The fourth-order valence-electron chi connectivity index (χ4n) is 0.512. The maximum atomic E-state index is 10.1. The molecule has 0 heterocycles. The van der Waals surface area contributed by atoms with E-state index in [0.717, 1.165) is 0 Å². The highest BCUT2D eigenvalue weighted by atomic mass is 32.2. The molecule has 0 fully saturated rings. The third kappa shape index (κ3) is 7.83. The molecule has 0 aromatic heterocycles. The summed E-state index contributed by atoms with van der Waals surface area (Å²) < 4.78 is 28.4. The summed E-state index contributed by atoms with van der Waals surface area (Å²) in [6.45, 7) is 0.565. The van der Waals surface area contributed by atoms with Crippen molar-refractivity contribution < 1.29 is 13.0 Å². The van der Waals surface area contributed by atoms with E-state index in [2.05, 4.69) is 5.43 Å². The van der Waals surface area contributed by atoms with Crippen LogP contribution in [0.25, 0.3) is 0 Å². The Kier molecular flexibility index (Phi) is 4.54. The van der Waals surface area contributed by atoms with E-state index in [1.54, 1.807) is 0 Å². The van der Waals surface area contributed by atoms with Gasteiger partial charge in [-0.05, 0) is 12.8 Å². The molecule has 0 saturated heterocycles. The van der Waals surface area contributed by atoms with E-state index in [9.17, 15) is 8.42 Å². The lowest BCUT2D eigenvalue weighted by atomic mass is 10.3. The molecule has 0 aromatic carbocycles. The third-order valence-electron chi connectivity index (χ3n) is 0.973. The molecule has 4 N–H and O–H groups in total. The van der Waals surface area contributed by atoms with Gasteiger partial charge in [0, 0.05) is 6.54 Å². The SMILES string of the molecule is NNCCCCS(=O)(=O)O. The molecule has 0 aromatic rings. The third-order valence-corrected chi connectivity index (χ3v) is 1.78. The van der Waals surface area contributed by atoms with Crippen molar-refractivity contribution in [3.63, 3.8) is 0 Å². The van der Waals surface area contributed by atoms with Crippen LogP contribution >= 0.6 is 0 Å². The Labute approximate surface area is 60.3 Å². The van der Waals surface area contributed by atoms with Crippen LogP contribution in [0, 0.1) is 0 Å². The maximum Gasteiger partial charge on any atom is 0.264 e. The van der Waals surface area contributed by atoms with Gasteiger partial charge in [0.25, 0.3) is 10.1 Å². The molecule has 10 heavy (non-hydrogen) atoms. The van der Waals surface area contributed by atoms with Crippen molar-refractivity contribution in [3.05, 3.63) is 0 Å². The normalized spacial score (nSPS) is 11.8. The van der Waals surface area contributed by atoms with Gasteiger partial charge in [-0.25, -0.2) is 0 Å². The summed E-state index contributed by atoms with van der Waals surface area (Å²) in [5.41, 5.74) is 2.38. The molecule has 0 aliphatic heterocycles. The predicted molar refractivity (Wildman–Crippen MR) is 37.8 cm³/mol. The highest BCUT2D eigenvalue weighted by molar-refractivity contribution is 7.85. The highest BCUT2D eigenvalue weighted by Crippen LogP contribution is 1.91. The van der Waals surface area contributed by atoms with Crippen LogP contribution in [0.15, 0.2) is 0 Å². The lowest BCUT2D eigenvalue weighted by Gasteiger charge is -1.96. The van der Waals surface area contributed by atoms with Crippen molar-refractivity contribution in [2.75, 3.05) is 12.3 Å². The Morgan fingerprint density at radius 2 is 2.00 bits per heavy atom. The number of nitrogens with one attached hydrogen (secondary N) is 1.